The first kappa shape index (κ1) is 19.9. The van der Waals surface area contributed by atoms with E-state index in [4.69, 9.17) is 11.6 Å². The van der Waals surface area contributed by atoms with E-state index >= 15 is 0 Å². The van der Waals surface area contributed by atoms with Crippen LogP contribution in [0.3, 0.4) is 0 Å². The molecule has 1 aliphatic heterocycles. The third kappa shape index (κ3) is 3.51. The number of carbonyl (C=O) groups is 2. The van der Waals surface area contributed by atoms with Gasteiger partial charge in [-0.1, -0.05) is 48.0 Å². The summed E-state index contributed by atoms with van der Waals surface area (Å²) in [6.07, 6.45) is 0. The standard InChI is InChI=1S/C25H21ClN2O2/c1-15-6-4-8-20(14-15)28-24(29)22(18-10-12-19(26)13-11-18)23(25(28)30)27-21-9-5-7-16(2)17(21)3/h4-14,27H,1-3H3. The number of nitrogens with zero attached hydrogens (tertiary/aromatic N) is 1. The molecule has 0 unspecified atom stereocenters. The van der Waals surface area contributed by atoms with Gasteiger partial charge in [0.15, 0.2) is 0 Å². The van der Waals surface area contributed by atoms with Gasteiger partial charge in [-0.2, -0.15) is 0 Å². The Morgan fingerprint density at radius 1 is 0.833 bits per heavy atom. The van der Waals surface area contributed by atoms with Crippen molar-refractivity contribution in [2.75, 3.05) is 10.2 Å². The molecule has 30 heavy (non-hydrogen) atoms. The fraction of sp³-hybridized carbons (Fsp3) is 0.120. The molecule has 3 aromatic carbocycles. The summed E-state index contributed by atoms with van der Waals surface area (Å²) in [5, 5.41) is 3.81. The van der Waals surface area contributed by atoms with Crippen LogP contribution in [0.2, 0.25) is 5.02 Å². The zero-order chi connectivity index (χ0) is 21.4. The average Bonchev–Trinajstić information content (AvgIpc) is 2.96. The van der Waals surface area contributed by atoms with E-state index < -0.39 is 0 Å². The number of imide groups is 1. The van der Waals surface area contributed by atoms with Crippen molar-refractivity contribution >= 4 is 40.4 Å². The van der Waals surface area contributed by atoms with Gasteiger partial charge in [-0.15, -0.1) is 0 Å². The van der Waals surface area contributed by atoms with Crippen molar-refractivity contribution < 1.29 is 9.59 Å². The van der Waals surface area contributed by atoms with E-state index in [2.05, 4.69) is 5.32 Å². The van der Waals surface area contributed by atoms with Gasteiger partial charge < -0.3 is 5.32 Å². The average molecular weight is 417 g/mol. The Kier molecular flexibility index (Phi) is 5.18. The third-order valence-corrected chi connectivity index (χ3v) is 5.59. The number of hydrogen-bond acceptors (Lipinski definition) is 3. The van der Waals surface area contributed by atoms with Crippen molar-refractivity contribution in [3.05, 3.63) is 99.7 Å². The van der Waals surface area contributed by atoms with Gasteiger partial charge in [0.05, 0.1) is 11.3 Å². The Morgan fingerprint density at radius 2 is 1.53 bits per heavy atom. The lowest BCUT2D eigenvalue weighted by atomic mass is 10.0. The Hall–Kier alpha value is -3.37. The zero-order valence-electron chi connectivity index (χ0n) is 17.0. The lowest BCUT2D eigenvalue weighted by Gasteiger charge is -2.16. The minimum Gasteiger partial charge on any atom is -0.350 e. The van der Waals surface area contributed by atoms with Crippen molar-refractivity contribution in [3.63, 3.8) is 0 Å². The van der Waals surface area contributed by atoms with Crippen LogP contribution in [0.15, 0.2) is 72.4 Å². The van der Waals surface area contributed by atoms with Gasteiger partial charge in [-0.3, -0.25) is 9.59 Å². The van der Waals surface area contributed by atoms with Crippen LogP contribution in [0.25, 0.3) is 5.57 Å². The van der Waals surface area contributed by atoms with Gasteiger partial charge >= 0.3 is 0 Å². The molecule has 0 bridgehead atoms. The first-order valence-electron chi connectivity index (χ1n) is 9.65. The smallest absolute Gasteiger partial charge is 0.282 e. The number of anilines is 2. The summed E-state index contributed by atoms with van der Waals surface area (Å²) >= 11 is 6.04. The highest BCUT2D eigenvalue weighted by Gasteiger charge is 2.40. The van der Waals surface area contributed by atoms with Crippen LogP contribution in [0.4, 0.5) is 11.4 Å². The molecule has 2 amide bonds. The Bertz CT molecular complexity index is 1200. The highest BCUT2D eigenvalue weighted by molar-refractivity contribution is 6.46. The maximum Gasteiger partial charge on any atom is 0.282 e. The van der Waals surface area contributed by atoms with E-state index in [9.17, 15) is 9.59 Å². The molecule has 0 radical (unpaired) electrons. The largest absolute Gasteiger partial charge is 0.350 e. The molecule has 0 aliphatic carbocycles. The fourth-order valence-electron chi connectivity index (χ4n) is 3.55. The molecule has 3 aromatic rings. The molecule has 0 aromatic heterocycles. The van der Waals surface area contributed by atoms with Crippen LogP contribution in [0.1, 0.15) is 22.3 Å². The van der Waals surface area contributed by atoms with Gasteiger partial charge in [0.2, 0.25) is 0 Å². The summed E-state index contributed by atoms with van der Waals surface area (Å²) in [6.45, 7) is 5.92. The lowest BCUT2D eigenvalue weighted by Crippen LogP contribution is -2.32. The first-order chi connectivity index (χ1) is 14.4. The monoisotopic (exact) mass is 416 g/mol. The summed E-state index contributed by atoms with van der Waals surface area (Å²) in [5.74, 6) is -0.739. The summed E-state index contributed by atoms with van der Waals surface area (Å²) in [4.78, 5) is 28.1. The molecular weight excluding hydrogens is 396 g/mol. The van der Waals surface area contributed by atoms with Crippen LogP contribution in [-0.2, 0) is 9.59 Å². The molecule has 150 valence electrons. The van der Waals surface area contributed by atoms with E-state index in [0.29, 0.717) is 21.8 Å². The van der Waals surface area contributed by atoms with Crippen molar-refractivity contribution in [2.24, 2.45) is 0 Å². The number of aryl methyl sites for hydroxylation is 2. The quantitative estimate of drug-likeness (QED) is 0.558. The molecule has 0 saturated heterocycles. The third-order valence-electron chi connectivity index (χ3n) is 5.34. The Balaban J connectivity index is 1.86. The zero-order valence-corrected chi connectivity index (χ0v) is 17.7. The maximum absolute atomic E-state index is 13.4. The van der Waals surface area contributed by atoms with Crippen LogP contribution in [-0.4, -0.2) is 11.8 Å². The predicted molar refractivity (Wildman–Crippen MR) is 122 cm³/mol. The number of halogens is 1. The highest BCUT2D eigenvalue weighted by atomic mass is 35.5. The molecule has 1 heterocycles. The molecule has 0 fully saturated rings. The number of rotatable bonds is 4. The molecule has 4 nitrogen and oxygen atoms in total. The van der Waals surface area contributed by atoms with E-state index in [1.54, 1.807) is 30.3 Å². The summed E-state index contributed by atoms with van der Waals surface area (Å²) in [6, 6.07) is 20.1. The molecule has 1 N–H and O–H groups in total. The number of nitrogens with one attached hydrogen (secondary N) is 1. The van der Waals surface area contributed by atoms with Crippen LogP contribution in [0, 0.1) is 20.8 Å². The van der Waals surface area contributed by atoms with Crippen LogP contribution >= 0.6 is 11.6 Å². The number of benzene rings is 3. The second-order valence-electron chi connectivity index (χ2n) is 7.41. The SMILES string of the molecule is Cc1cccc(N2C(=O)C(Nc3cccc(C)c3C)=C(c3ccc(Cl)cc3)C2=O)c1. The van der Waals surface area contributed by atoms with E-state index in [1.807, 2.05) is 57.2 Å². The topological polar surface area (TPSA) is 49.4 Å². The van der Waals surface area contributed by atoms with Gasteiger partial charge in [0.25, 0.3) is 11.8 Å². The summed E-state index contributed by atoms with van der Waals surface area (Å²) in [5.41, 5.74) is 5.67. The minimum absolute atomic E-state index is 0.262. The fourth-order valence-corrected chi connectivity index (χ4v) is 3.68. The number of carbonyl (C=O) groups excluding carboxylic acids is 2. The van der Waals surface area contributed by atoms with Crippen LogP contribution < -0.4 is 10.2 Å². The molecule has 0 atom stereocenters. The van der Waals surface area contributed by atoms with Gasteiger partial charge in [0, 0.05) is 10.7 Å². The van der Waals surface area contributed by atoms with Gasteiger partial charge in [-0.05, 0) is 73.4 Å². The second kappa shape index (κ2) is 7.81. The van der Waals surface area contributed by atoms with Crippen LogP contribution in [0.5, 0.6) is 0 Å². The normalized spacial score (nSPS) is 13.9. The van der Waals surface area contributed by atoms with E-state index in [-0.39, 0.29) is 17.5 Å². The summed E-state index contributed by atoms with van der Waals surface area (Å²) < 4.78 is 0. The number of amides is 2. The molecule has 1 aliphatic rings. The van der Waals surface area contributed by atoms with Gasteiger partial charge in [-0.25, -0.2) is 4.90 Å². The molecule has 5 heteroatoms. The van der Waals surface area contributed by atoms with E-state index in [1.165, 1.54) is 4.90 Å². The molecular formula is C25H21ClN2O2. The Morgan fingerprint density at radius 3 is 2.23 bits per heavy atom. The molecule has 0 spiro atoms. The Labute approximate surface area is 180 Å². The first-order valence-corrected chi connectivity index (χ1v) is 10.0. The molecule has 4 rings (SSSR count). The van der Waals surface area contributed by atoms with Crippen molar-refractivity contribution in [2.45, 2.75) is 20.8 Å². The minimum atomic E-state index is -0.378. The predicted octanol–water partition coefficient (Wildman–Crippen LogP) is 5.66. The van der Waals surface area contributed by atoms with Crippen molar-refractivity contribution in [1.82, 2.24) is 0 Å². The van der Waals surface area contributed by atoms with Crippen molar-refractivity contribution in [3.8, 4) is 0 Å². The number of hydrogen-bond donors (Lipinski definition) is 1. The highest BCUT2D eigenvalue weighted by Crippen LogP contribution is 2.35. The van der Waals surface area contributed by atoms with Crippen molar-refractivity contribution in [1.29, 1.82) is 0 Å². The van der Waals surface area contributed by atoms with E-state index in [0.717, 1.165) is 22.4 Å². The lowest BCUT2D eigenvalue weighted by molar-refractivity contribution is -0.120. The van der Waals surface area contributed by atoms with Gasteiger partial charge in [0.1, 0.15) is 5.70 Å². The molecule has 0 saturated carbocycles. The maximum atomic E-state index is 13.4. The second-order valence-corrected chi connectivity index (χ2v) is 7.85. The summed E-state index contributed by atoms with van der Waals surface area (Å²) in [7, 11) is 0.